The van der Waals surface area contributed by atoms with Gasteiger partial charge in [-0.3, -0.25) is 0 Å². The van der Waals surface area contributed by atoms with Gasteiger partial charge in [-0.05, 0) is 40.8 Å². The Morgan fingerprint density at radius 3 is 2.81 bits per heavy atom. The van der Waals surface area contributed by atoms with Gasteiger partial charge >= 0.3 is 5.97 Å². The van der Waals surface area contributed by atoms with Crippen LogP contribution in [0.3, 0.4) is 0 Å². The van der Waals surface area contributed by atoms with E-state index in [0.717, 1.165) is 3.57 Å². The molecule has 82 valence electrons. The molecular formula is C10H6ClIN2O2. The summed E-state index contributed by atoms with van der Waals surface area (Å²) in [5, 5.41) is 13.5. The van der Waals surface area contributed by atoms with Crippen molar-refractivity contribution in [3.05, 3.63) is 44.7 Å². The molecule has 0 saturated carbocycles. The molecule has 0 aliphatic carbocycles. The number of carboxylic acids is 1. The lowest BCUT2D eigenvalue weighted by molar-refractivity contribution is 0.0696. The third-order valence-electron chi connectivity index (χ3n) is 1.99. The topological polar surface area (TPSA) is 55.1 Å². The number of hydrogen-bond donors (Lipinski definition) is 1. The first kappa shape index (κ1) is 11.4. The fraction of sp³-hybridized carbons (Fsp3) is 0. The molecule has 6 heteroatoms. The Bertz CT molecular complexity index is 554. The summed E-state index contributed by atoms with van der Waals surface area (Å²) in [5.74, 6) is -1.02. The van der Waals surface area contributed by atoms with Crippen LogP contribution in [-0.2, 0) is 0 Å². The van der Waals surface area contributed by atoms with E-state index < -0.39 is 5.97 Å². The predicted molar refractivity (Wildman–Crippen MR) is 68.3 cm³/mol. The zero-order valence-corrected chi connectivity index (χ0v) is 10.8. The third kappa shape index (κ3) is 2.19. The van der Waals surface area contributed by atoms with Crippen molar-refractivity contribution in [3.8, 4) is 5.69 Å². The van der Waals surface area contributed by atoms with Crippen LogP contribution in [0, 0.1) is 3.57 Å². The lowest BCUT2D eigenvalue weighted by atomic mass is 10.2. The van der Waals surface area contributed by atoms with Crippen molar-refractivity contribution in [2.75, 3.05) is 0 Å². The van der Waals surface area contributed by atoms with Crippen LogP contribution >= 0.6 is 34.2 Å². The third-order valence-corrected chi connectivity index (χ3v) is 2.78. The molecule has 0 bridgehead atoms. The molecule has 0 fully saturated rings. The van der Waals surface area contributed by atoms with Gasteiger partial charge in [-0.1, -0.05) is 11.6 Å². The van der Waals surface area contributed by atoms with Crippen LogP contribution in [0.1, 0.15) is 10.4 Å². The summed E-state index contributed by atoms with van der Waals surface area (Å²) in [6, 6.07) is 4.68. The maximum atomic E-state index is 11.1. The molecule has 0 aliphatic rings. The van der Waals surface area contributed by atoms with Gasteiger partial charge in [0.1, 0.15) is 0 Å². The summed E-state index contributed by atoms with van der Waals surface area (Å²) in [6.07, 6.45) is 3.40. The van der Waals surface area contributed by atoms with Crippen LogP contribution in [0.15, 0.2) is 30.6 Å². The molecular weight excluding hydrogens is 342 g/mol. The maximum absolute atomic E-state index is 11.1. The molecule has 2 aromatic rings. The van der Waals surface area contributed by atoms with Crippen molar-refractivity contribution >= 4 is 40.2 Å². The van der Waals surface area contributed by atoms with Gasteiger partial charge in [-0.25, -0.2) is 9.48 Å². The fourth-order valence-corrected chi connectivity index (χ4v) is 1.87. The minimum atomic E-state index is -1.02. The number of carboxylic acid groups (broad SMARTS) is 1. The Morgan fingerprint density at radius 1 is 1.50 bits per heavy atom. The normalized spacial score (nSPS) is 10.4. The highest BCUT2D eigenvalue weighted by molar-refractivity contribution is 14.1. The molecule has 0 atom stereocenters. The molecule has 0 radical (unpaired) electrons. The first-order chi connectivity index (χ1) is 7.58. The molecule has 1 heterocycles. The van der Waals surface area contributed by atoms with Gasteiger partial charge in [-0.15, -0.1) is 0 Å². The number of benzene rings is 1. The summed E-state index contributed by atoms with van der Waals surface area (Å²) in [7, 11) is 0. The zero-order valence-electron chi connectivity index (χ0n) is 7.89. The van der Waals surface area contributed by atoms with Crippen LogP contribution in [0.5, 0.6) is 0 Å². The Labute approximate surface area is 110 Å². The molecule has 0 saturated heterocycles. The quantitative estimate of drug-likeness (QED) is 0.849. The SMILES string of the molecule is O=C(O)c1cc(Cl)ccc1-n1cc(I)cn1. The smallest absolute Gasteiger partial charge is 0.337 e. The van der Waals surface area contributed by atoms with Crippen molar-refractivity contribution in [2.45, 2.75) is 0 Å². The van der Waals surface area contributed by atoms with Crippen molar-refractivity contribution in [1.82, 2.24) is 9.78 Å². The van der Waals surface area contributed by atoms with E-state index in [0.29, 0.717) is 10.7 Å². The summed E-state index contributed by atoms with van der Waals surface area (Å²) in [6.45, 7) is 0. The average molecular weight is 349 g/mol. The van der Waals surface area contributed by atoms with Gasteiger partial charge in [0.2, 0.25) is 0 Å². The molecule has 1 N–H and O–H groups in total. The molecule has 4 nitrogen and oxygen atoms in total. The van der Waals surface area contributed by atoms with Crippen LogP contribution in [0.2, 0.25) is 5.02 Å². The fourth-order valence-electron chi connectivity index (χ4n) is 1.31. The summed E-state index contributed by atoms with van der Waals surface area (Å²) >= 11 is 7.87. The van der Waals surface area contributed by atoms with Crippen molar-refractivity contribution in [1.29, 1.82) is 0 Å². The van der Waals surface area contributed by atoms with Crippen LogP contribution < -0.4 is 0 Å². The second-order valence-corrected chi connectivity index (χ2v) is 4.75. The number of nitrogens with zero attached hydrogens (tertiary/aromatic N) is 2. The lowest BCUT2D eigenvalue weighted by Crippen LogP contribution is -2.05. The second-order valence-electron chi connectivity index (χ2n) is 3.07. The van der Waals surface area contributed by atoms with E-state index in [1.165, 1.54) is 10.7 Å². The number of aromatic nitrogens is 2. The van der Waals surface area contributed by atoms with E-state index in [9.17, 15) is 4.79 Å². The van der Waals surface area contributed by atoms with Crippen molar-refractivity contribution in [2.24, 2.45) is 0 Å². The van der Waals surface area contributed by atoms with E-state index in [-0.39, 0.29) is 5.56 Å². The van der Waals surface area contributed by atoms with Gasteiger partial charge in [0.25, 0.3) is 0 Å². The number of hydrogen-bond acceptors (Lipinski definition) is 2. The van der Waals surface area contributed by atoms with E-state index >= 15 is 0 Å². The van der Waals surface area contributed by atoms with E-state index in [2.05, 4.69) is 27.7 Å². The van der Waals surface area contributed by atoms with Crippen LogP contribution in [0.4, 0.5) is 0 Å². The standard InChI is InChI=1S/C10H6ClIN2O2/c11-6-1-2-9(8(3-6)10(15)16)14-5-7(12)4-13-14/h1-5H,(H,15,16). The van der Waals surface area contributed by atoms with E-state index in [1.54, 1.807) is 24.5 Å². The minimum absolute atomic E-state index is 0.131. The predicted octanol–water partition coefficient (Wildman–Crippen LogP) is 2.83. The second kappa shape index (κ2) is 4.42. The number of rotatable bonds is 2. The van der Waals surface area contributed by atoms with Crippen molar-refractivity contribution in [3.63, 3.8) is 0 Å². The lowest BCUT2D eigenvalue weighted by Gasteiger charge is -2.05. The summed E-state index contributed by atoms with van der Waals surface area (Å²) in [5.41, 5.74) is 0.631. The van der Waals surface area contributed by atoms with E-state index in [1.807, 2.05) is 0 Å². The average Bonchev–Trinajstić information content (AvgIpc) is 2.64. The molecule has 0 amide bonds. The Balaban J connectivity index is 2.60. The van der Waals surface area contributed by atoms with Gasteiger partial charge in [0.05, 0.1) is 21.0 Å². The highest BCUT2D eigenvalue weighted by Gasteiger charge is 2.12. The maximum Gasteiger partial charge on any atom is 0.337 e. The summed E-state index contributed by atoms with van der Waals surface area (Å²) in [4.78, 5) is 11.1. The highest BCUT2D eigenvalue weighted by atomic mass is 127. The molecule has 16 heavy (non-hydrogen) atoms. The van der Waals surface area contributed by atoms with Crippen molar-refractivity contribution < 1.29 is 9.90 Å². The largest absolute Gasteiger partial charge is 0.478 e. The molecule has 0 spiro atoms. The number of aromatic carboxylic acids is 1. The molecule has 0 unspecified atom stereocenters. The van der Waals surface area contributed by atoms with Gasteiger partial charge in [-0.2, -0.15) is 5.10 Å². The first-order valence-corrected chi connectivity index (χ1v) is 5.77. The first-order valence-electron chi connectivity index (χ1n) is 4.31. The molecule has 1 aromatic carbocycles. The minimum Gasteiger partial charge on any atom is -0.478 e. The Morgan fingerprint density at radius 2 is 2.25 bits per heavy atom. The molecule has 1 aromatic heterocycles. The monoisotopic (exact) mass is 348 g/mol. The highest BCUT2D eigenvalue weighted by Crippen LogP contribution is 2.20. The van der Waals surface area contributed by atoms with Gasteiger partial charge in [0, 0.05) is 11.2 Å². The zero-order chi connectivity index (χ0) is 11.7. The van der Waals surface area contributed by atoms with E-state index in [4.69, 9.17) is 16.7 Å². The van der Waals surface area contributed by atoms with Gasteiger partial charge in [0.15, 0.2) is 0 Å². The number of halogens is 2. The summed E-state index contributed by atoms with van der Waals surface area (Å²) < 4.78 is 2.45. The molecule has 2 rings (SSSR count). The molecule has 0 aliphatic heterocycles. The Kier molecular flexibility index (Phi) is 3.15. The number of carbonyl (C=O) groups is 1. The van der Waals surface area contributed by atoms with Crippen LogP contribution in [0.25, 0.3) is 5.69 Å². The Hall–Kier alpha value is -1.08. The van der Waals surface area contributed by atoms with Gasteiger partial charge < -0.3 is 5.11 Å². The van der Waals surface area contributed by atoms with Crippen LogP contribution in [-0.4, -0.2) is 20.9 Å².